The van der Waals surface area contributed by atoms with Gasteiger partial charge in [0.2, 0.25) is 0 Å². The second kappa shape index (κ2) is 3.30. The van der Waals surface area contributed by atoms with Crippen molar-refractivity contribution in [2.45, 2.75) is 0 Å². The van der Waals surface area contributed by atoms with Crippen LogP contribution >= 0.6 is 11.6 Å². The summed E-state index contributed by atoms with van der Waals surface area (Å²) in [4.78, 5) is 0. The summed E-state index contributed by atoms with van der Waals surface area (Å²) in [5.41, 5.74) is 2.54. The summed E-state index contributed by atoms with van der Waals surface area (Å²) < 4.78 is 0. The monoisotopic (exact) mass is 179 g/mol. The highest BCUT2D eigenvalue weighted by atomic mass is 35.5. The van der Waals surface area contributed by atoms with Crippen molar-refractivity contribution < 1.29 is 0 Å². The molecule has 1 saturated heterocycles. The van der Waals surface area contributed by atoms with Crippen LogP contribution in [0.3, 0.4) is 0 Å². The van der Waals surface area contributed by atoms with Gasteiger partial charge in [-0.1, -0.05) is 35.9 Å². The third-order valence-electron chi connectivity index (χ3n) is 1.97. The molecule has 62 valence electrons. The Bertz CT molecular complexity index is 311. The van der Waals surface area contributed by atoms with Crippen LogP contribution in [0.4, 0.5) is 0 Å². The van der Waals surface area contributed by atoms with Crippen molar-refractivity contribution >= 4 is 17.7 Å². The number of rotatable bonds is 1. The summed E-state index contributed by atoms with van der Waals surface area (Å²) in [7, 11) is 0. The molecular weight excluding hydrogens is 170 g/mol. The first kappa shape index (κ1) is 7.84. The summed E-state index contributed by atoms with van der Waals surface area (Å²) >= 11 is 5.98. The van der Waals surface area contributed by atoms with Gasteiger partial charge in [-0.25, -0.2) is 0 Å². The van der Waals surface area contributed by atoms with Crippen molar-refractivity contribution in [3.8, 4) is 0 Å². The molecule has 1 N–H and O–H groups in total. The molecule has 0 aromatic heterocycles. The Morgan fingerprint density at radius 3 is 2.58 bits per heavy atom. The maximum absolute atomic E-state index is 5.98. The fourth-order valence-electron chi connectivity index (χ4n) is 1.18. The van der Waals surface area contributed by atoms with Gasteiger partial charge in [-0.3, -0.25) is 0 Å². The number of benzene rings is 1. The van der Waals surface area contributed by atoms with Crippen LogP contribution in [0.15, 0.2) is 29.8 Å². The minimum Gasteiger partial charge on any atom is -0.309 e. The van der Waals surface area contributed by atoms with Crippen LogP contribution in [-0.4, -0.2) is 13.1 Å². The second-order valence-electron chi connectivity index (χ2n) is 2.93. The first-order valence-electron chi connectivity index (χ1n) is 4.01. The van der Waals surface area contributed by atoms with Gasteiger partial charge in [0.1, 0.15) is 0 Å². The molecule has 0 unspecified atom stereocenters. The van der Waals surface area contributed by atoms with Gasteiger partial charge in [0.15, 0.2) is 0 Å². The molecule has 1 fully saturated rings. The molecule has 0 bridgehead atoms. The van der Waals surface area contributed by atoms with Crippen molar-refractivity contribution in [3.63, 3.8) is 0 Å². The van der Waals surface area contributed by atoms with Gasteiger partial charge in [0.05, 0.1) is 0 Å². The third kappa shape index (κ3) is 1.52. The molecule has 0 aliphatic carbocycles. The molecular formula is C10H10ClN. The summed E-state index contributed by atoms with van der Waals surface area (Å²) in [6, 6.07) is 7.90. The molecule has 0 amide bonds. The SMILES string of the molecule is Clc1ccccc1C=C1CNC1. The van der Waals surface area contributed by atoms with E-state index in [4.69, 9.17) is 11.6 Å². The highest BCUT2D eigenvalue weighted by molar-refractivity contribution is 6.32. The standard InChI is InChI=1S/C10H10ClN/c11-10-4-2-1-3-9(10)5-8-6-12-7-8/h1-5,12H,6-7H2. The van der Waals surface area contributed by atoms with E-state index in [2.05, 4.69) is 11.4 Å². The zero-order valence-corrected chi connectivity index (χ0v) is 7.43. The van der Waals surface area contributed by atoms with E-state index in [1.807, 2.05) is 24.3 Å². The predicted molar refractivity (Wildman–Crippen MR) is 52.3 cm³/mol. The van der Waals surface area contributed by atoms with E-state index in [0.717, 1.165) is 23.7 Å². The Morgan fingerprint density at radius 2 is 2.00 bits per heavy atom. The lowest BCUT2D eigenvalue weighted by Gasteiger charge is -2.18. The average molecular weight is 180 g/mol. The van der Waals surface area contributed by atoms with Crippen LogP contribution in [0.5, 0.6) is 0 Å². The minimum atomic E-state index is 0.830. The highest BCUT2D eigenvalue weighted by Crippen LogP contribution is 2.18. The van der Waals surface area contributed by atoms with Gasteiger partial charge >= 0.3 is 0 Å². The van der Waals surface area contributed by atoms with Gasteiger partial charge < -0.3 is 5.32 Å². The number of hydrogen-bond acceptors (Lipinski definition) is 1. The zero-order valence-electron chi connectivity index (χ0n) is 6.68. The van der Waals surface area contributed by atoms with E-state index in [1.165, 1.54) is 5.57 Å². The fourth-order valence-corrected chi connectivity index (χ4v) is 1.37. The molecule has 0 radical (unpaired) electrons. The molecule has 2 rings (SSSR count). The smallest absolute Gasteiger partial charge is 0.0478 e. The topological polar surface area (TPSA) is 12.0 Å². The molecule has 0 spiro atoms. The second-order valence-corrected chi connectivity index (χ2v) is 3.33. The van der Waals surface area contributed by atoms with E-state index in [-0.39, 0.29) is 0 Å². The lowest BCUT2D eigenvalue weighted by molar-refractivity contribution is 0.675. The predicted octanol–water partition coefficient (Wildman–Crippen LogP) is 2.33. The molecule has 1 aromatic rings. The first-order chi connectivity index (χ1) is 5.86. The van der Waals surface area contributed by atoms with Gasteiger partial charge in [-0.2, -0.15) is 0 Å². The minimum absolute atomic E-state index is 0.830. The van der Waals surface area contributed by atoms with Gasteiger partial charge in [0.25, 0.3) is 0 Å². The number of halogens is 1. The van der Waals surface area contributed by atoms with Crippen molar-refractivity contribution in [1.82, 2.24) is 5.32 Å². The first-order valence-corrected chi connectivity index (χ1v) is 4.39. The van der Waals surface area contributed by atoms with Crippen LogP contribution in [-0.2, 0) is 0 Å². The van der Waals surface area contributed by atoms with E-state index >= 15 is 0 Å². The van der Waals surface area contributed by atoms with E-state index in [9.17, 15) is 0 Å². The normalized spacial score (nSPS) is 15.6. The fraction of sp³-hybridized carbons (Fsp3) is 0.200. The van der Waals surface area contributed by atoms with Crippen molar-refractivity contribution in [2.75, 3.05) is 13.1 Å². The molecule has 1 heterocycles. The summed E-state index contributed by atoms with van der Waals surface area (Å²) in [5, 5.41) is 4.02. The number of hydrogen-bond donors (Lipinski definition) is 1. The van der Waals surface area contributed by atoms with Crippen LogP contribution in [0.25, 0.3) is 6.08 Å². The van der Waals surface area contributed by atoms with Crippen LogP contribution in [0.1, 0.15) is 5.56 Å². The quantitative estimate of drug-likeness (QED) is 0.698. The lowest BCUT2D eigenvalue weighted by atomic mass is 10.1. The van der Waals surface area contributed by atoms with E-state index in [0.29, 0.717) is 0 Å². The van der Waals surface area contributed by atoms with E-state index in [1.54, 1.807) is 0 Å². The molecule has 1 aliphatic rings. The number of nitrogens with one attached hydrogen (secondary N) is 1. The lowest BCUT2D eigenvalue weighted by Crippen LogP contribution is -2.33. The van der Waals surface area contributed by atoms with Crippen molar-refractivity contribution in [1.29, 1.82) is 0 Å². The Kier molecular flexibility index (Phi) is 2.15. The Morgan fingerprint density at radius 1 is 1.25 bits per heavy atom. The molecule has 2 heteroatoms. The largest absolute Gasteiger partial charge is 0.309 e. The Balaban J connectivity index is 2.27. The molecule has 0 atom stereocenters. The zero-order chi connectivity index (χ0) is 8.39. The maximum Gasteiger partial charge on any atom is 0.0478 e. The molecule has 1 aliphatic heterocycles. The van der Waals surface area contributed by atoms with Crippen molar-refractivity contribution in [3.05, 3.63) is 40.4 Å². The van der Waals surface area contributed by atoms with E-state index < -0.39 is 0 Å². The maximum atomic E-state index is 5.98. The Labute approximate surface area is 77.0 Å². The summed E-state index contributed by atoms with van der Waals surface area (Å²) in [6.45, 7) is 2.01. The molecule has 12 heavy (non-hydrogen) atoms. The van der Waals surface area contributed by atoms with Crippen LogP contribution < -0.4 is 5.32 Å². The molecule has 1 nitrogen and oxygen atoms in total. The molecule has 0 saturated carbocycles. The van der Waals surface area contributed by atoms with Crippen LogP contribution in [0, 0.1) is 0 Å². The third-order valence-corrected chi connectivity index (χ3v) is 2.31. The summed E-state index contributed by atoms with van der Waals surface area (Å²) in [5.74, 6) is 0. The van der Waals surface area contributed by atoms with Gasteiger partial charge in [0, 0.05) is 18.1 Å². The molecule has 1 aromatic carbocycles. The van der Waals surface area contributed by atoms with Gasteiger partial charge in [-0.05, 0) is 17.2 Å². The van der Waals surface area contributed by atoms with Gasteiger partial charge in [-0.15, -0.1) is 0 Å². The van der Waals surface area contributed by atoms with Crippen LogP contribution in [0.2, 0.25) is 5.02 Å². The average Bonchev–Trinajstić information content (AvgIpc) is 2.00. The summed E-state index contributed by atoms with van der Waals surface area (Å²) in [6.07, 6.45) is 2.15. The Hall–Kier alpha value is -0.790. The highest BCUT2D eigenvalue weighted by Gasteiger charge is 2.06. The van der Waals surface area contributed by atoms with Crippen molar-refractivity contribution in [2.24, 2.45) is 0 Å².